The third kappa shape index (κ3) is 4.09. The first-order chi connectivity index (χ1) is 6.72. The van der Waals surface area contributed by atoms with Crippen molar-refractivity contribution in [3.05, 3.63) is 34.9 Å². The van der Waals surface area contributed by atoms with Crippen LogP contribution in [0.15, 0.2) is 24.3 Å². The zero-order chi connectivity index (χ0) is 10.4. The molecule has 1 aromatic carbocycles. The van der Waals surface area contributed by atoms with E-state index < -0.39 is 0 Å². The van der Waals surface area contributed by atoms with Crippen LogP contribution in [-0.4, -0.2) is 19.7 Å². The molecule has 1 unspecified atom stereocenters. The Morgan fingerprint density at radius 3 is 2.57 bits per heavy atom. The van der Waals surface area contributed by atoms with Crippen molar-refractivity contribution in [3.63, 3.8) is 0 Å². The van der Waals surface area contributed by atoms with Crippen LogP contribution in [0, 0.1) is 0 Å². The number of rotatable bonds is 5. The number of hydrogen-bond donors (Lipinski definition) is 1. The lowest BCUT2D eigenvalue weighted by molar-refractivity contribution is 0.0545. The number of halogens is 1. The summed E-state index contributed by atoms with van der Waals surface area (Å²) < 4.78 is 5.60. The third-order valence-corrected chi connectivity index (χ3v) is 2.19. The van der Waals surface area contributed by atoms with Crippen molar-refractivity contribution >= 4 is 11.6 Å². The summed E-state index contributed by atoms with van der Waals surface area (Å²) in [5, 5.41) is 3.83. The zero-order valence-electron chi connectivity index (χ0n) is 8.59. The molecule has 1 aromatic rings. The molecule has 1 atom stereocenters. The lowest BCUT2D eigenvalue weighted by Crippen LogP contribution is -2.23. The van der Waals surface area contributed by atoms with E-state index in [0.29, 0.717) is 6.61 Å². The lowest BCUT2D eigenvalue weighted by Gasteiger charge is -2.12. The van der Waals surface area contributed by atoms with Gasteiger partial charge in [-0.25, -0.2) is 0 Å². The quantitative estimate of drug-likeness (QED) is 0.812. The molecule has 0 aliphatic heterocycles. The van der Waals surface area contributed by atoms with Crippen LogP contribution in [0.5, 0.6) is 0 Å². The van der Waals surface area contributed by atoms with Crippen molar-refractivity contribution in [2.24, 2.45) is 0 Å². The Balaban J connectivity index is 2.34. The van der Waals surface area contributed by atoms with Crippen LogP contribution in [-0.2, 0) is 11.3 Å². The summed E-state index contributed by atoms with van der Waals surface area (Å²) in [7, 11) is 1.92. The van der Waals surface area contributed by atoms with Crippen LogP contribution in [0.3, 0.4) is 0 Å². The Kier molecular flexibility index (Phi) is 4.94. The molecule has 2 nitrogen and oxygen atoms in total. The number of nitrogens with one attached hydrogen (secondary N) is 1. The van der Waals surface area contributed by atoms with Crippen LogP contribution in [0.2, 0.25) is 5.02 Å². The van der Waals surface area contributed by atoms with Gasteiger partial charge in [0, 0.05) is 11.6 Å². The molecule has 0 aromatic heterocycles. The molecule has 3 heteroatoms. The summed E-state index contributed by atoms with van der Waals surface area (Å²) in [5.74, 6) is 0. The van der Waals surface area contributed by atoms with E-state index in [1.54, 1.807) is 0 Å². The molecular weight excluding hydrogens is 198 g/mol. The second-order valence-electron chi connectivity index (χ2n) is 3.31. The highest BCUT2D eigenvalue weighted by atomic mass is 35.5. The minimum absolute atomic E-state index is 0.232. The maximum absolute atomic E-state index is 5.77. The van der Waals surface area contributed by atoms with Gasteiger partial charge in [-0.15, -0.1) is 0 Å². The number of likely N-dealkylation sites (N-methyl/N-ethyl adjacent to an activating group) is 1. The van der Waals surface area contributed by atoms with Gasteiger partial charge < -0.3 is 10.1 Å². The van der Waals surface area contributed by atoms with Crippen LogP contribution in [0.4, 0.5) is 0 Å². The molecule has 14 heavy (non-hydrogen) atoms. The van der Waals surface area contributed by atoms with Gasteiger partial charge in [0.15, 0.2) is 0 Å². The first-order valence-electron chi connectivity index (χ1n) is 4.73. The lowest BCUT2D eigenvalue weighted by atomic mass is 10.2. The van der Waals surface area contributed by atoms with Gasteiger partial charge in [0.05, 0.1) is 12.7 Å². The fraction of sp³-hybridized carbons (Fsp3) is 0.455. The second-order valence-corrected chi connectivity index (χ2v) is 3.74. The number of benzene rings is 1. The van der Waals surface area contributed by atoms with E-state index >= 15 is 0 Å². The standard InChI is InChI=1S/C11H16ClNO/c1-9(7-13-2)14-8-10-3-5-11(12)6-4-10/h3-6,9,13H,7-8H2,1-2H3. The summed E-state index contributed by atoms with van der Waals surface area (Å²) >= 11 is 5.77. The van der Waals surface area contributed by atoms with Crippen molar-refractivity contribution in [1.29, 1.82) is 0 Å². The summed E-state index contributed by atoms with van der Waals surface area (Å²) in [6.45, 7) is 3.56. The number of ether oxygens (including phenoxy) is 1. The molecule has 78 valence electrons. The van der Waals surface area contributed by atoms with E-state index in [9.17, 15) is 0 Å². The first kappa shape index (κ1) is 11.5. The van der Waals surface area contributed by atoms with E-state index in [1.807, 2.05) is 38.2 Å². The molecule has 0 aliphatic rings. The second kappa shape index (κ2) is 6.02. The average Bonchev–Trinajstić information content (AvgIpc) is 2.17. The van der Waals surface area contributed by atoms with Gasteiger partial charge in [0.1, 0.15) is 0 Å². The van der Waals surface area contributed by atoms with Crippen LogP contribution in [0.1, 0.15) is 12.5 Å². The Hall–Kier alpha value is -0.570. The van der Waals surface area contributed by atoms with E-state index in [2.05, 4.69) is 5.32 Å². The summed E-state index contributed by atoms with van der Waals surface area (Å²) in [6, 6.07) is 7.72. The largest absolute Gasteiger partial charge is 0.373 e. The normalized spacial score (nSPS) is 12.8. The minimum atomic E-state index is 0.232. The Bertz CT molecular complexity index is 260. The predicted molar refractivity (Wildman–Crippen MR) is 59.6 cm³/mol. The molecule has 1 N–H and O–H groups in total. The molecule has 0 amide bonds. The van der Waals surface area contributed by atoms with Crippen molar-refractivity contribution in [1.82, 2.24) is 5.32 Å². The molecule has 0 heterocycles. The first-order valence-corrected chi connectivity index (χ1v) is 5.11. The Morgan fingerprint density at radius 1 is 1.36 bits per heavy atom. The monoisotopic (exact) mass is 213 g/mol. The van der Waals surface area contributed by atoms with Gasteiger partial charge in [-0.1, -0.05) is 23.7 Å². The Labute approximate surface area is 90.2 Å². The smallest absolute Gasteiger partial charge is 0.0721 e. The van der Waals surface area contributed by atoms with E-state index in [0.717, 1.165) is 17.1 Å². The van der Waals surface area contributed by atoms with Crippen molar-refractivity contribution in [2.45, 2.75) is 19.6 Å². The summed E-state index contributed by atoms with van der Waals surface area (Å²) in [4.78, 5) is 0. The maximum Gasteiger partial charge on any atom is 0.0721 e. The van der Waals surface area contributed by atoms with E-state index in [-0.39, 0.29) is 6.10 Å². The van der Waals surface area contributed by atoms with Gasteiger partial charge in [0.25, 0.3) is 0 Å². The molecule has 0 radical (unpaired) electrons. The van der Waals surface area contributed by atoms with Gasteiger partial charge in [-0.2, -0.15) is 0 Å². The van der Waals surface area contributed by atoms with Crippen molar-refractivity contribution in [2.75, 3.05) is 13.6 Å². The van der Waals surface area contributed by atoms with Gasteiger partial charge >= 0.3 is 0 Å². The maximum atomic E-state index is 5.77. The third-order valence-electron chi connectivity index (χ3n) is 1.94. The van der Waals surface area contributed by atoms with Crippen molar-refractivity contribution in [3.8, 4) is 0 Å². The van der Waals surface area contributed by atoms with E-state index in [4.69, 9.17) is 16.3 Å². The highest BCUT2D eigenvalue weighted by Gasteiger charge is 2.00. The highest BCUT2D eigenvalue weighted by Crippen LogP contribution is 2.10. The average molecular weight is 214 g/mol. The minimum Gasteiger partial charge on any atom is -0.373 e. The molecule has 0 fully saturated rings. The predicted octanol–water partition coefficient (Wildman–Crippen LogP) is 2.46. The fourth-order valence-corrected chi connectivity index (χ4v) is 1.29. The highest BCUT2D eigenvalue weighted by molar-refractivity contribution is 6.30. The van der Waals surface area contributed by atoms with Crippen molar-refractivity contribution < 1.29 is 4.74 Å². The van der Waals surface area contributed by atoms with Gasteiger partial charge in [-0.3, -0.25) is 0 Å². The zero-order valence-corrected chi connectivity index (χ0v) is 9.34. The molecular formula is C11H16ClNO. The van der Waals surface area contributed by atoms with Crippen LogP contribution < -0.4 is 5.32 Å². The molecule has 0 saturated heterocycles. The molecule has 0 bridgehead atoms. The van der Waals surface area contributed by atoms with Crippen LogP contribution >= 0.6 is 11.6 Å². The van der Waals surface area contributed by atoms with Gasteiger partial charge in [0.2, 0.25) is 0 Å². The molecule has 0 spiro atoms. The Morgan fingerprint density at radius 2 is 2.00 bits per heavy atom. The molecule has 1 rings (SSSR count). The van der Waals surface area contributed by atoms with E-state index in [1.165, 1.54) is 0 Å². The molecule has 0 aliphatic carbocycles. The number of hydrogen-bond acceptors (Lipinski definition) is 2. The topological polar surface area (TPSA) is 21.3 Å². The SMILES string of the molecule is CNCC(C)OCc1ccc(Cl)cc1. The summed E-state index contributed by atoms with van der Waals surface area (Å²) in [6.07, 6.45) is 0.232. The fourth-order valence-electron chi connectivity index (χ4n) is 1.17. The molecule has 0 saturated carbocycles. The van der Waals surface area contributed by atoms with Gasteiger partial charge in [-0.05, 0) is 31.7 Å². The van der Waals surface area contributed by atoms with Crippen LogP contribution in [0.25, 0.3) is 0 Å². The summed E-state index contributed by atoms with van der Waals surface area (Å²) in [5.41, 5.74) is 1.15.